The van der Waals surface area contributed by atoms with Crippen molar-refractivity contribution in [1.29, 1.82) is 0 Å². The molecule has 0 bridgehead atoms. The number of rotatable bonds is 6. The molecule has 2 rings (SSSR count). The Labute approximate surface area is 148 Å². The van der Waals surface area contributed by atoms with Crippen LogP contribution in [0.4, 0.5) is 8.78 Å². The topological polar surface area (TPSA) is 89.5 Å². The summed E-state index contributed by atoms with van der Waals surface area (Å²) < 4.78 is 52.9. The van der Waals surface area contributed by atoms with Gasteiger partial charge in [0, 0.05) is 10.9 Å². The van der Waals surface area contributed by atoms with E-state index in [4.69, 9.17) is 4.74 Å². The summed E-state index contributed by atoms with van der Waals surface area (Å²) in [5.74, 6) is -4.36. The van der Waals surface area contributed by atoms with Crippen LogP contribution in [0.1, 0.15) is 23.7 Å². The Morgan fingerprint density at radius 1 is 1.32 bits per heavy atom. The number of sulfone groups is 1. The van der Waals surface area contributed by atoms with Crippen LogP contribution in [-0.2, 0) is 19.4 Å². The zero-order chi connectivity index (χ0) is 18.6. The number of ether oxygens (including phenoxy) is 1. The quantitative estimate of drug-likeness (QED) is 0.586. The predicted octanol–water partition coefficient (Wildman–Crippen LogP) is 1.85. The van der Waals surface area contributed by atoms with Crippen LogP contribution in [0.15, 0.2) is 29.2 Å². The van der Waals surface area contributed by atoms with Crippen molar-refractivity contribution in [1.82, 2.24) is 5.32 Å². The van der Waals surface area contributed by atoms with E-state index in [2.05, 4.69) is 5.32 Å². The molecule has 1 aromatic carbocycles. The minimum absolute atomic E-state index is 0.00431. The third-order valence-corrected chi connectivity index (χ3v) is 6.11. The van der Waals surface area contributed by atoms with E-state index in [0.717, 1.165) is 0 Å². The van der Waals surface area contributed by atoms with Gasteiger partial charge in [-0.2, -0.15) is 8.78 Å². The molecule has 0 unspecified atom stereocenters. The average molecular weight is 393 g/mol. The monoisotopic (exact) mass is 393 g/mol. The van der Waals surface area contributed by atoms with Gasteiger partial charge in [0.1, 0.15) is 0 Å². The Bertz CT molecular complexity index is 754. The van der Waals surface area contributed by atoms with Gasteiger partial charge < -0.3 is 10.1 Å². The minimum atomic E-state index is -3.15. The van der Waals surface area contributed by atoms with Crippen LogP contribution < -0.4 is 5.32 Å². The smallest absolute Gasteiger partial charge is 0.340 e. The minimum Gasteiger partial charge on any atom is -0.449 e. The number of esters is 1. The number of nitrogens with one attached hydrogen (secondary N) is 1. The SMILES string of the molecule is C[C@H](OC(=O)c1ccccc1SC(F)F)C(=O)N[C@@H]1CCS(=O)(=O)C1. The number of halogens is 2. The van der Waals surface area contributed by atoms with Crippen molar-refractivity contribution >= 4 is 33.5 Å². The van der Waals surface area contributed by atoms with Gasteiger partial charge in [-0.1, -0.05) is 23.9 Å². The van der Waals surface area contributed by atoms with Crippen molar-refractivity contribution in [3.8, 4) is 0 Å². The van der Waals surface area contributed by atoms with E-state index < -0.39 is 39.6 Å². The first-order valence-electron chi connectivity index (χ1n) is 7.43. The summed E-state index contributed by atoms with van der Waals surface area (Å²) in [5.41, 5.74) is -0.0594. The van der Waals surface area contributed by atoms with E-state index in [9.17, 15) is 26.8 Å². The lowest BCUT2D eigenvalue weighted by Crippen LogP contribution is -2.42. The number of benzene rings is 1. The lowest BCUT2D eigenvalue weighted by Gasteiger charge is -2.17. The lowest BCUT2D eigenvalue weighted by molar-refractivity contribution is -0.129. The molecule has 1 aromatic rings. The van der Waals surface area contributed by atoms with Crippen LogP contribution in [0.5, 0.6) is 0 Å². The maximum absolute atomic E-state index is 12.5. The van der Waals surface area contributed by atoms with Gasteiger partial charge in [0.15, 0.2) is 15.9 Å². The number of alkyl halides is 2. The molecule has 0 spiro atoms. The molecule has 1 N–H and O–H groups in total. The second-order valence-corrected chi connectivity index (χ2v) is 8.79. The van der Waals surface area contributed by atoms with Crippen molar-refractivity contribution in [2.45, 2.75) is 36.1 Å². The Kier molecular flexibility index (Phi) is 6.39. The van der Waals surface area contributed by atoms with Crippen LogP contribution in [0, 0.1) is 0 Å². The van der Waals surface area contributed by atoms with Crippen molar-refractivity contribution in [3.05, 3.63) is 29.8 Å². The van der Waals surface area contributed by atoms with E-state index >= 15 is 0 Å². The van der Waals surface area contributed by atoms with Crippen LogP contribution in [-0.4, -0.2) is 49.7 Å². The number of hydrogen-bond acceptors (Lipinski definition) is 6. The Morgan fingerprint density at radius 3 is 2.60 bits per heavy atom. The molecular formula is C15H17F2NO5S2. The van der Waals surface area contributed by atoms with Crippen LogP contribution in [0.25, 0.3) is 0 Å². The van der Waals surface area contributed by atoms with E-state index in [-0.39, 0.29) is 33.7 Å². The van der Waals surface area contributed by atoms with E-state index in [0.29, 0.717) is 6.42 Å². The van der Waals surface area contributed by atoms with Gasteiger partial charge in [-0.25, -0.2) is 13.2 Å². The molecule has 0 radical (unpaired) electrons. The van der Waals surface area contributed by atoms with Crippen molar-refractivity contribution in [2.24, 2.45) is 0 Å². The number of carbonyl (C=O) groups excluding carboxylic acids is 2. The van der Waals surface area contributed by atoms with E-state index in [1.165, 1.54) is 31.2 Å². The largest absolute Gasteiger partial charge is 0.449 e. The van der Waals surface area contributed by atoms with Gasteiger partial charge in [0.2, 0.25) is 0 Å². The fraction of sp³-hybridized carbons (Fsp3) is 0.467. The number of hydrogen-bond donors (Lipinski definition) is 1. The molecule has 6 nitrogen and oxygen atoms in total. The lowest BCUT2D eigenvalue weighted by atomic mass is 10.2. The molecule has 138 valence electrons. The van der Waals surface area contributed by atoms with Gasteiger partial charge >= 0.3 is 5.97 Å². The average Bonchev–Trinajstić information content (AvgIpc) is 2.85. The predicted molar refractivity (Wildman–Crippen MR) is 88.4 cm³/mol. The number of amides is 1. The zero-order valence-electron chi connectivity index (χ0n) is 13.3. The van der Waals surface area contributed by atoms with Gasteiger partial charge in [0.05, 0.1) is 17.1 Å². The normalized spacial score (nSPS) is 20.2. The molecular weight excluding hydrogens is 376 g/mol. The van der Waals surface area contributed by atoms with E-state index in [1.54, 1.807) is 0 Å². The first-order chi connectivity index (χ1) is 11.7. The number of carbonyl (C=O) groups is 2. The van der Waals surface area contributed by atoms with Crippen molar-refractivity contribution < 1.29 is 31.5 Å². The summed E-state index contributed by atoms with van der Waals surface area (Å²) in [6.45, 7) is 1.33. The number of thioether (sulfide) groups is 1. The summed E-state index contributed by atoms with van der Waals surface area (Å²) >= 11 is 0.213. The second kappa shape index (κ2) is 8.13. The third kappa shape index (κ3) is 5.67. The standard InChI is InChI=1S/C15H17F2NO5S2/c1-9(13(19)18-10-6-7-25(21,22)8-10)23-14(20)11-4-2-3-5-12(11)24-15(16)17/h2-5,9-10,15H,6-8H2,1H3,(H,18,19)/t9-,10+/m0/s1. The van der Waals surface area contributed by atoms with Crippen molar-refractivity contribution in [2.75, 3.05) is 11.5 Å². The molecule has 1 aliphatic rings. The fourth-order valence-electron chi connectivity index (χ4n) is 2.34. The van der Waals surface area contributed by atoms with Gasteiger partial charge in [-0.15, -0.1) is 0 Å². The van der Waals surface area contributed by atoms with Gasteiger partial charge in [-0.3, -0.25) is 4.79 Å². The molecule has 1 heterocycles. The Hall–Kier alpha value is -1.68. The molecule has 0 saturated carbocycles. The highest BCUT2D eigenvalue weighted by Gasteiger charge is 2.31. The second-order valence-electron chi connectivity index (χ2n) is 5.53. The molecule has 10 heteroatoms. The van der Waals surface area contributed by atoms with Gasteiger partial charge in [0.25, 0.3) is 11.7 Å². The summed E-state index contributed by atoms with van der Waals surface area (Å²) in [6.07, 6.45) is -0.872. The maximum atomic E-state index is 12.5. The highest BCUT2D eigenvalue weighted by Crippen LogP contribution is 2.29. The van der Waals surface area contributed by atoms with Gasteiger partial charge in [-0.05, 0) is 25.5 Å². The Morgan fingerprint density at radius 2 is 2.00 bits per heavy atom. The summed E-state index contributed by atoms with van der Waals surface area (Å²) in [6, 6.07) is 5.20. The zero-order valence-corrected chi connectivity index (χ0v) is 14.9. The van der Waals surface area contributed by atoms with Crippen molar-refractivity contribution in [3.63, 3.8) is 0 Å². The Balaban J connectivity index is 1.97. The molecule has 1 amide bonds. The highest BCUT2D eigenvalue weighted by molar-refractivity contribution is 7.99. The van der Waals surface area contributed by atoms with Crippen LogP contribution >= 0.6 is 11.8 Å². The van der Waals surface area contributed by atoms with Crippen LogP contribution in [0.2, 0.25) is 0 Å². The molecule has 1 saturated heterocycles. The molecule has 1 aliphatic heterocycles. The molecule has 0 aromatic heterocycles. The summed E-state index contributed by atoms with van der Waals surface area (Å²) in [7, 11) is -3.15. The molecule has 2 atom stereocenters. The van der Waals surface area contributed by atoms with E-state index in [1.807, 2.05) is 0 Å². The summed E-state index contributed by atoms with van der Waals surface area (Å²) in [4.78, 5) is 24.2. The third-order valence-electron chi connectivity index (χ3n) is 3.55. The highest BCUT2D eigenvalue weighted by atomic mass is 32.2. The first kappa shape index (κ1) is 19.6. The molecule has 0 aliphatic carbocycles. The summed E-state index contributed by atoms with van der Waals surface area (Å²) in [5, 5.41) is 2.52. The van der Waals surface area contributed by atoms with Crippen LogP contribution in [0.3, 0.4) is 0 Å². The maximum Gasteiger partial charge on any atom is 0.340 e. The molecule has 25 heavy (non-hydrogen) atoms. The molecule has 1 fully saturated rings. The fourth-order valence-corrected chi connectivity index (χ4v) is 4.64. The first-order valence-corrected chi connectivity index (χ1v) is 10.1.